The van der Waals surface area contributed by atoms with Gasteiger partial charge in [0.1, 0.15) is 12.1 Å². The van der Waals surface area contributed by atoms with Crippen LogP contribution in [0, 0.1) is 5.92 Å². The Morgan fingerprint density at radius 1 is 1.19 bits per heavy atom. The molecule has 1 aliphatic heterocycles. The van der Waals surface area contributed by atoms with Gasteiger partial charge < -0.3 is 10.2 Å². The number of nitrogens with zero attached hydrogens (tertiary/aromatic N) is 2. The van der Waals surface area contributed by atoms with E-state index in [4.69, 9.17) is 0 Å². The van der Waals surface area contributed by atoms with Gasteiger partial charge in [0, 0.05) is 17.1 Å². The topological polar surface area (TPSA) is 69.7 Å². The maximum absolute atomic E-state index is 13.4. The average molecular weight is 496 g/mol. The van der Waals surface area contributed by atoms with E-state index in [9.17, 15) is 14.4 Å². The molecule has 2 aromatic rings. The van der Waals surface area contributed by atoms with E-state index in [0.29, 0.717) is 18.9 Å². The third kappa shape index (κ3) is 3.62. The molecule has 1 spiro atoms. The van der Waals surface area contributed by atoms with Crippen LogP contribution in [0.4, 0.5) is 4.79 Å². The van der Waals surface area contributed by atoms with Crippen LogP contribution in [0.15, 0.2) is 53.0 Å². The van der Waals surface area contributed by atoms with Gasteiger partial charge >= 0.3 is 6.03 Å². The maximum Gasteiger partial charge on any atom is 0.325 e. The number of carbonyl (C=O) groups excluding carboxylic acids is 3. The summed E-state index contributed by atoms with van der Waals surface area (Å²) < 4.78 is 0.982. The normalized spacial score (nSPS) is 22.8. The molecule has 2 fully saturated rings. The first kappa shape index (κ1) is 21.2. The number of amides is 4. The van der Waals surface area contributed by atoms with E-state index >= 15 is 0 Å². The van der Waals surface area contributed by atoms with Crippen molar-refractivity contribution >= 4 is 33.8 Å². The number of nitrogens with one attached hydrogen (secondary N) is 1. The van der Waals surface area contributed by atoms with Gasteiger partial charge in [-0.05, 0) is 67.3 Å². The van der Waals surface area contributed by atoms with Gasteiger partial charge in [0.2, 0.25) is 5.91 Å². The molecule has 4 amide bonds. The van der Waals surface area contributed by atoms with E-state index in [2.05, 4.69) is 28.2 Å². The molecule has 0 bridgehead atoms. The Hall–Kier alpha value is -2.67. The molecule has 0 aromatic heterocycles. The number of rotatable bonds is 6. The molecular weight excluding hydrogens is 470 g/mol. The summed E-state index contributed by atoms with van der Waals surface area (Å²) >= 11 is 3.45. The zero-order chi connectivity index (χ0) is 22.5. The molecule has 32 heavy (non-hydrogen) atoms. The molecule has 2 aromatic carbocycles. The average Bonchev–Trinajstić information content (AvgIpc) is 3.54. The summed E-state index contributed by atoms with van der Waals surface area (Å²) in [5.74, 6) is -0.0341. The molecule has 2 aliphatic carbocycles. The summed E-state index contributed by atoms with van der Waals surface area (Å²) in [6, 6.07) is 15.2. The summed E-state index contributed by atoms with van der Waals surface area (Å²) in [6.07, 6.45) is 3.48. The van der Waals surface area contributed by atoms with Crippen LogP contribution in [0.3, 0.4) is 0 Å². The number of aryl methyl sites for hydroxylation is 1. The Balaban J connectivity index is 1.37. The first-order valence-electron chi connectivity index (χ1n) is 11.2. The number of urea groups is 1. The minimum absolute atomic E-state index is 0.0630. The highest BCUT2D eigenvalue weighted by molar-refractivity contribution is 9.10. The fourth-order valence-corrected chi connectivity index (χ4v) is 5.30. The number of hydrogen-bond donors (Lipinski definition) is 1. The van der Waals surface area contributed by atoms with Gasteiger partial charge in [0.15, 0.2) is 0 Å². The third-order valence-electron chi connectivity index (χ3n) is 7.10. The van der Waals surface area contributed by atoms with Gasteiger partial charge in [-0.15, -0.1) is 0 Å². The third-order valence-corrected chi connectivity index (χ3v) is 7.63. The van der Waals surface area contributed by atoms with Crippen molar-refractivity contribution in [2.45, 2.75) is 50.7 Å². The zero-order valence-corrected chi connectivity index (χ0v) is 19.6. The van der Waals surface area contributed by atoms with E-state index in [1.807, 2.05) is 53.4 Å². The second-order valence-corrected chi connectivity index (χ2v) is 10.0. The summed E-state index contributed by atoms with van der Waals surface area (Å²) in [5, 5.41) is 2.91. The largest absolute Gasteiger partial charge is 0.334 e. The lowest BCUT2D eigenvalue weighted by Crippen LogP contribution is -2.47. The van der Waals surface area contributed by atoms with Crippen LogP contribution in [0.2, 0.25) is 0 Å². The summed E-state index contributed by atoms with van der Waals surface area (Å²) in [4.78, 5) is 42.6. The molecule has 5 rings (SSSR count). The van der Waals surface area contributed by atoms with Crippen LogP contribution in [-0.4, -0.2) is 40.2 Å². The van der Waals surface area contributed by atoms with E-state index in [1.165, 1.54) is 0 Å². The lowest BCUT2D eigenvalue weighted by Gasteiger charge is -2.31. The highest BCUT2D eigenvalue weighted by Gasteiger charge is 2.55. The fraction of sp³-hybridized carbons (Fsp3) is 0.400. The van der Waals surface area contributed by atoms with E-state index < -0.39 is 11.6 Å². The van der Waals surface area contributed by atoms with E-state index in [1.54, 1.807) is 0 Å². The second-order valence-electron chi connectivity index (χ2n) is 9.11. The Morgan fingerprint density at radius 3 is 2.62 bits per heavy atom. The minimum Gasteiger partial charge on any atom is -0.334 e. The van der Waals surface area contributed by atoms with Crippen molar-refractivity contribution < 1.29 is 14.4 Å². The molecule has 0 radical (unpaired) electrons. The number of imide groups is 1. The summed E-state index contributed by atoms with van der Waals surface area (Å²) in [6.45, 7) is 2.29. The van der Waals surface area contributed by atoms with Crippen LogP contribution in [0.5, 0.6) is 0 Å². The smallest absolute Gasteiger partial charge is 0.325 e. The van der Waals surface area contributed by atoms with Gasteiger partial charge in [-0.2, -0.15) is 0 Å². The standard InChI is InChI=1S/C25H26BrN3O3/c1-16(18-8-9-18)28(14-17-6-10-20(26)11-7-17)22(30)15-29-23(31)25(27-24(29)32)13-12-19-4-2-3-5-21(19)25/h2-7,10-11,16,18H,8-9,12-15H2,1H3,(H,27,32). The van der Waals surface area contributed by atoms with E-state index in [-0.39, 0.29) is 24.4 Å². The van der Waals surface area contributed by atoms with Crippen LogP contribution >= 0.6 is 15.9 Å². The predicted octanol–water partition coefficient (Wildman–Crippen LogP) is 3.97. The van der Waals surface area contributed by atoms with Crippen molar-refractivity contribution in [1.82, 2.24) is 15.1 Å². The number of fused-ring (bicyclic) bond motifs is 2. The van der Waals surface area contributed by atoms with Crippen LogP contribution < -0.4 is 5.32 Å². The summed E-state index contributed by atoms with van der Waals surface area (Å²) in [7, 11) is 0. The maximum atomic E-state index is 13.4. The van der Waals surface area contributed by atoms with Crippen LogP contribution in [0.1, 0.15) is 42.9 Å². The molecule has 7 heteroatoms. The molecule has 1 saturated carbocycles. The Labute approximate surface area is 196 Å². The Morgan fingerprint density at radius 2 is 1.91 bits per heavy atom. The molecule has 1 N–H and O–H groups in total. The molecule has 1 saturated heterocycles. The predicted molar refractivity (Wildman–Crippen MR) is 124 cm³/mol. The van der Waals surface area contributed by atoms with Crippen molar-refractivity contribution in [2.75, 3.05) is 6.54 Å². The number of halogens is 1. The van der Waals surface area contributed by atoms with Gasteiger partial charge in [0.25, 0.3) is 5.91 Å². The van der Waals surface area contributed by atoms with Crippen LogP contribution in [-0.2, 0) is 28.1 Å². The fourth-order valence-electron chi connectivity index (χ4n) is 5.04. The van der Waals surface area contributed by atoms with Crippen molar-refractivity contribution in [1.29, 1.82) is 0 Å². The van der Waals surface area contributed by atoms with Crippen molar-refractivity contribution in [3.8, 4) is 0 Å². The molecule has 3 aliphatic rings. The van der Waals surface area contributed by atoms with Crippen LogP contribution in [0.25, 0.3) is 0 Å². The lowest BCUT2D eigenvalue weighted by atomic mass is 9.92. The molecule has 6 nitrogen and oxygen atoms in total. The molecule has 2 atom stereocenters. The Bertz CT molecular complexity index is 1080. The zero-order valence-electron chi connectivity index (χ0n) is 18.0. The highest BCUT2D eigenvalue weighted by atomic mass is 79.9. The molecule has 1 heterocycles. The molecule has 2 unspecified atom stereocenters. The molecular formula is C25H26BrN3O3. The Kier molecular flexibility index (Phi) is 5.32. The van der Waals surface area contributed by atoms with Crippen molar-refractivity contribution in [3.05, 3.63) is 69.7 Å². The quantitative estimate of drug-likeness (QED) is 0.616. The van der Waals surface area contributed by atoms with Crippen molar-refractivity contribution in [3.63, 3.8) is 0 Å². The SMILES string of the molecule is CC(C1CC1)N(Cc1ccc(Br)cc1)C(=O)CN1C(=O)NC2(CCc3ccccc32)C1=O. The van der Waals surface area contributed by atoms with E-state index in [0.717, 1.165) is 45.3 Å². The number of hydrogen-bond acceptors (Lipinski definition) is 3. The second kappa shape index (κ2) is 8.03. The van der Waals surface area contributed by atoms with Gasteiger partial charge in [0.05, 0.1) is 0 Å². The first-order valence-corrected chi connectivity index (χ1v) is 11.9. The number of benzene rings is 2. The summed E-state index contributed by atoms with van der Waals surface area (Å²) in [5.41, 5.74) is 1.92. The monoisotopic (exact) mass is 495 g/mol. The lowest BCUT2D eigenvalue weighted by molar-refractivity contribution is -0.141. The first-order chi connectivity index (χ1) is 15.4. The highest BCUT2D eigenvalue weighted by Crippen LogP contribution is 2.41. The number of carbonyl (C=O) groups is 3. The molecule has 166 valence electrons. The van der Waals surface area contributed by atoms with Gasteiger partial charge in [-0.25, -0.2) is 4.79 Å². The van der Waals surface area contributed by atoms with Gasteiger partial charge in [-0.3, -0.25) is 14.5 Å². The minimum atomic E-state index is -1.04. The van der Waals surface area contributed by atoms with Gasteiger partial charge in [-0.1, -0.05) is 52.3 Å². The van der Waals surface area contributed by atoms with Crippen molar-refractivity contribution in [2.24, 2.45) is 5.92 Å².